The number of carboxylic acid groups (broad SMARTS) is 1. The molecule has 0 spiro atoms. The van der Waals surface area contributed by atoms with Gasteiger partial charge in [-0.3, -0.25) is 4.79 Å². The first-order valence-electron chi connectivity index (χ1n) is 4.70. The lowest BCUT2D eigenvalue weighted by molar-refractivity contribution is -0.137. The van der Waals surface area contributed by atoms with Crippen LogP contribution in [0.25, 0.3) is 0 Å². The van der Waals surface area contributed by atoms with E-state index in [4.69, 9.17) is 33.0 Å². The van der Waals surface area contributed by atoms with Crippen LogP contribution in [-0.2, 0) is 9.53 Å². The molecule has 0 aliphatic heterocycles. The maximum atomic E-state index is 10.7. The zero-order chi connectivity index (χ0) is 12.1. The molecule has 0 fully saturated rings. The summed E-state index contributed by atoms with van der Waals surface area (Å²) in [6.07, 6.45) is 0.00576. The number of aliphatic carboxylic acids is 1. The fourth-order valence-electron chi connectivity index (χ4n) is 1.45. The van der Waals surface area contributed by atoms with Crippen LogP contribution in [-0.4, -0.2) is 24.8 Å². The van der Waals surface area contributed by atoms with E-state index in [0.717, 1.165) is 5.56 Å². The maximum Gasteiger partial charge on any atom is 0.304 e. The average Bonchev–Trinajstić information content (AvgIpc) is 2.21. The largest absolute Gasteiger partial charge is 0.481 e. The van der Waals surface area contributed by atoms with Gasteiger partial charge in [0.05, 0.1) is 23.1 Å². The summed E-state index contributed by atoms with van der Waals surface area (Å²) < 4.78 is 4.99. The Morgan fingerprint density at radius 3 is 2.62 bits per heavy atom. The van der Waals surface area contributed by atoms with E-state index in [1.807, 2.05) is 0 Å². The van der Waals surface area contributed by atoms with E-state index in [1.54, 1.807) is 18.2 Å². The van der Waals surface area contributed by atoms with Gasteiger partial charge in [-0.25, -0.2) is 0 Å². The van der Waals surface area contributed by atoms with Gasteiger partial charge in [-0.05, 0) is 17.7 Å². The van der Waals surface area contributed by atoms with Gasteiger partial charge >= 0.3 is 5.97 Å². The van der Waals surface area contributed by atoms with Crippen LogP contribution in [0.15, 0.2) is 18.2 Å². The summed E-state index contributed by atoms with van der Waals surface area (Å²) in [7, 11) is 1.53. The first kappa shape index (κ1) is 13.3. The summed E-state index contributed by atoms with van der Waals surface area (Å²) in [6, 6.07) is 5.10. The highest BCUT2D eigenvalue weighted by Crippen LogP contribution is 2.28. The molecule has 5 heteroatoms. The van der Waals surface area contributed by atoms with Gasteiger partial charge in [-0.2, -0.15) is 0 Å². The first-order valence-corrected chi connectivity index (χ1v) is 5.46. The molecule has 88 valence electrons. The van der Waals surface area contributed by atoms with E-state index in [-0.39, 0.29) is 12.3 Å². The van der Waals surface area contributed by atoms with Gasteiger partial charge in [-0.1, -0.05) is 29.3 Å². The van der Waals surface area contributed by atoms with Crippen molar-refractivity contribution < 1.29 is 14.6 Å². The van der Waals surface area contributed by atoms with E-state index in [0.29, 0.717) is 16.7 Å². The molecule has 1 N–H and O–H groups in total. The van der Waals surface area contributed by atoms with Crippen LogP contribution in [0, 0.1) is 0 Å². The molecule has 1 aromatic rings. The Labute approximate surface area is 104 Å². The summed E-state index contributed by atoms with van der Waals surface area (Å²) in [6.45, 7) is 0.338. The van der Waals surface area contributed by atoms with Crippen molar-refractivity contribution in [2.75, 3.05) is 13.7 Å². The fraction of sp³-hybridized carbons (Fsp3) is 0.364. The van der Waals surface area contributed by atoms with Gasteiger partial charge in [0.15, 0.2) is 0 Å². The van der Waals surface area contributed by atoms with Crippen LogP contribution in [0.4, 0.5) is 0 Å². The lowest BCUT2D eigenvalue weighted by Gasteiger charge is -2.14. The summed E-state index contributed by atoms with van der Waals surface area (Å²) in [5, 5.41) is 9.66. The molecule has 0 saturated heterocycles. The second-order valence-corrected chi connectivity index (χ2v) is 4.24. The molecule has 1 unspecified atom stereocenters. The summed E-state index contributed by atoms with van der Waals surface area (Å²) in [4.78, 5) is 10.7. The summed E-state index contributed by atoms with van der Waals surface area (Å²) in [5.41, 5.74) is 0.818. The van der Waals surface area contributed by atoms with Crippen LogP contribution in [0.5, 0.6) is 0 Å². The second-order valence-electron chi connectivity index (χ2n) is 3.42. The quantitative estimate of drug-likeness (QED) is 0.887. The zero-order valence-electron chi connectivity index (χ0n) is 8.74. The van der Waals surface area contributed by atoms with E-state index in [9.17, 15) is 4.79 Å². The maximum absolute atomic E-state index is 10.7. The standard InChI is InChI=1S/C11H12Cl2O3/c1-16-6-8(5-11(14)15)7-2-3-9(12)10(13)4-7/h2-4,8H,5-6H2,1H3,(H,14,15). The normalized spacial score (nSPS) is 12.4. The van der Waals surface area contributed by atoms with Gasteiger partial charge in [0, 0.05) is 13.0 Å². The summed E-state index contributed by atoms with van der Waals surface area (Å²) in [5.74, 6) is -1.08. The van der Waals surface area contributed by atoms with Crippen molar-refractivity contribution in [3.8, 4) is 0 Å². The van der Waals surface area contributed by atoms with Crippen molar-refractivity contribution >= 4 is 29.2 Å². The van der Waals surface area contributed by atoms with Crippen molar-refractivity contribution in [3.05, 3.63) is 33.8 Å². The number of rotatable bonds is 5. The third-order valence-corrected chi connectivity index (χ3v) is 2.94. The van der Waals surface area contributed by atoms with Crippen LogP contribution >= 0.6 is 23.2 Å². The van der Waals surface area contributed by atoms with Crippen LogP contribution in [0.1, 0.15) is 17.9 Å². The molecule has 3 nitrogen and oxygen atoms in total. The molecule has 16 heavy (non-hydrogen) atoms. The van der Waals surface area contributed by atoms with E-state index in [1.165, 1.54) is 7.11 Å². The molecule has 0 saturated carbocycles. The van der Waals surface area contributed by atoms with Crippen LogP contribution < -0.4 is 0 Å². The molecule has 0 amide bonds. The number of hydrogen-bond acceptors (Lipinski definition) is 2. The number of benzene rings is 1. The van der Waals surface area contributed by atoms with Gasteiger partial charge in [0.25, 0.3) is 0 Å². The Morgan fingerprint density at radius 2 is 2.12 bits per heavy atom. The molecule has 1 atom stereocenters. The Bertz CT molecular complexity index is 379. The molecule has 1 rings (SSSR count). The first-order chi connectivity index (χ1) is 7.54. The third kappa shape index (κ3) is 3.67. The Balaban J connectivity index is 2.91. The van der Waals surface area contributed by atoms with Crippen molar-refractivity contribution in [2.45, 2.75) is 12.3 Å². The predicted molar refractivity (Wildman–Crippen MR) is 63.3 cm³/mol. The van der Waals surface area contributed by atoms with E-state index in [2.05, 4.69) is 0 Å². The molecule has 0 bridgehead atoms. The van der Waals surface area contributed by atoms with Gasteiger partial charge in [0.2, 0.25) is 0 Å². The van der Waals surface area contributed by atoms with E-state index >= 15 is 0 Å². The van der Waals surface area contributed by atoms with Crippen LogP contribution in [0.2, 0.25) is 10.0 Å². The Hall–Kier alpha value is -0.770. The fourth-order valence-corrected chi connectivity index (χ4v) is 1.76. The highest BCUT2D eigenvalue weighted by molar-refractivity contribution is 6.42. The lowest BCUT2D eigenvalue weighted by atomic mass is 9.97. The van der Waals surface area contributed by atoms with Crippen LogP contribution in [0.3, 0.4) is 0 Å². The average molecular weight is 263 g/mol. The summed E-state index contributed by atoms with van der Waals surface area (Å²) >= 11 is 11.7. The minimum Gasteiger partial charge on any atom is -0.481 e. The lowest BCUT2D eigenvalue weighted by Crippen LogP contribution is -2.11. The minimum absolute atomic E-state index is 0.00576. The van der Waals surface area contributed by atoms with Crippen molar-refractivity contribution in [1.82, 2.24) is 0 Å². The highest BCUT2D eigenvalue weighted by Gasteiger charge is 2.16. The highest BCUT2D eigenvalue weighted by atomic mass is 35.5. The zero-order valence-corrected chi connectivity index (χ0v) is 10.3. The SMILES string of the molecule is COCC(CC(=O)O)c1ccc(Cl)c(Cl)c1. The number of methoxy groups -OCH3 is 1. The number of hydrogen-bond donors (Lipinski definition) is 1. The Morgan fingerprint density at radius 1 is 1.44 bits per heavy atom. The third-order valence-electron chi connectivity index (χ3n) is 2.20. The monoisotopic (exact) mass is 262 g/mol. The van der Waals surface area contributed by atoms with Crippen molar-refractivity contribution in [1.29, 1.82) is 0 Å². The topological polar surface area (TPSA) is 46.5 Å². The predicted octanol–water partition coefficient (Wildman–Crippen LogP) is 3.20. The molecule has 0 heterocycles. The number of ether oxygens (including phenoxy) is 1. The molecule has 0 aliphatic rings. The van der Waals surface area contributed by atoms with Gasteiger partial charge in [-0.15, -0.1) is 0 Å². The molecule has 0 aliphatic carbocycles. The molecule has 0 radical (unpaired) electrons. The number of carboxylic acids is 1. The van der Waals surface area contributed by atoms with E-state index < -0.39 is 5.97 Å². The Kier molecular flexibility index (Phi) is 5.06. The second kappa shape index (κ2) is 6.09. The van der Waals surface area contributed by atoms with Gasteiger partial charge < -0.3 is 9.84 Å². The smallest absolute Gasteiger partial charge is 0.304 e. The van der Waals surface area contributed by atoms with Crippen molar-refractivity contribution in [3.63, 3.8) is 0 Å². The molecule has 0 aromatic heterocycles. The number of halogens is 2. The minimum atomic E-state index is -0.867. The van der Waals surface area contributed by atoms with Gasteiger partial charge in [0.1, 0.15) is 0 Å². The molecule has 1 aromatic carbocycles. The molecular formula is C11H12Cl2O3. The number of carbonyl (C=O) groups is 1. The van der Waals surface area contributed by atoms with Crippen molar-refractivity contribution in [2.24, 2.45) is 0 Å². The molecular weight excluding hydrogens is 251 g/mol.